The van der Waals surface area contributed by atoms with Crippen molar-refractivity contribution < 1.29 is 38.0 Å². The van der Waals surface area contributed by atoms with Crippen LogP contribution < -0.4 is 0 Å². The standard InChI is InChI=1S/C21H18F3N3O5S/c22-12-3-1-2-10(6-12)15-8-27(26-25-15)17-18(29)16(9-28)32-21(19(17)30)33-20(31)11-4-5-13(23)14(24)7-11/h1-8,16-19,21,28-30H,9H2/t16-,17+,18+,19-,21+/m1/s1. The van der Waals surface area contributed by atoms with Gasteiger partial charge >= 0.3 is 0 Å². The Balaban J connectivity index is 1.59. The van der Waals surface area contributed by atoms with E-state index in [2.05, 4.69) is 10.3 Å². The van der Waals surface area contributed by atoms with Gasteiger partial charge in [-0.2, -0.15) is 0 Å². The van der Waals surface area contributed by atoms with E-state index in [1.54, 1.807) is 6.07 Å². The number of hydrogen-bond donors (Lipinski definition) is 3. The molecule has 5 atom stereocenters. The number of carbonyl (C=O) groups excluding carboxylic acids is 1. The Morgan fingerprint density at radius 2 is 1.88 bits per heavy atom. The van der Waals surface area contributed by atoms with E-state index in [0.717, 1.165) is 22.9 Å². The molecule has 0 spiro atoms. The highest BCUT2D eigenvalue weighted by Crippen LogP contribution is 2.36. The lowest BCUT2D eigenvalue weighted by atomic mass is 9.97. The van der Waals surface area contributed by atoms with Crippen LogP contribution in [0.1, 0.15) is 16.4 Å². The van der Waals surface area contributed by atoms with Gasteiger partial charge in [0.25, 0.3) is 0 Å². The molecule has 1 aromatic heterocycles. The Bertz CT molecular complexity index is 1160. The molecule has 2 heterocycles. The topological polar surface area (TPSA) is 118 Å². The molecule has 4 rings (SSSR count). The normalized spacial score (nSPS) is 25.2. The SMILES string of the molecule is O=C(S[C@@H]1O[C@H](CO)[C@H](O)[C@H](n2cc(-c3cccc(F)c3)nn2)[C@H]1O)c1ccc(F)c(F)c1. The number of aliphatic hydroxyl groups excluding tert-OH is 3. The molecule has 0 saturated carbocycles. The van der Waals surface area contributed by atoms with E-state index in [1.807, 2.05) is 0 Å². The average molecular weight is 481 g/mol. The van der Waals surface area contributed by atoms with Gasteiger partial charge in [-0.05, 0) is 42.1 Å². The monoisotopic (exact) mass is 481 g/mol. The highest BCUT2D eigenvalue weighted by molar-refractivity contribution is 8.14. The largest absolute Gasteiger partial charge is 0.394 e. The second-order valence-electron chi connectivity index (χ2n) is 7.33. The van der Waals surface area contributed by atoms with E-state index in [0.29, 0.717) is 17.3 Å². The lowest BCUT2D eigenvalue weighted by Crippen LogP contribution is -2.55. The molecule has 0 amide bonds. The number of aliphatic hydroxyl groups is 3. The van der Waals surface area contributed by atoms with E-state index >= 15 is 0 Å². The van der Waals surface area contributed by atoms with Crippen LogP contribution in [-0.2, 0) is 4.74 Å². The average Bonchev–Trinajstić information content (AvgIpc) is 3.27. The molecule has 1 saturated heterocycles. The van der Waals surface area contributed by atoms with Crippen LogP contribution in [-0.4, -0.2) is 65.8 Å². The highest BCUT2D eigenvalue weighted by atomic mass is 32.2. The van der Waals surface area contributed by atoms with Crippen molar-refractivity contribution in [1.29, 1.82) is 0 Å². The minimum atomic E-state index is -1.51. The molecule has 0 bridgehead atoms. The molecule has 1 fully saturated rings. The summed E-state index contributed by atoms with van der Waals surface area (Å²) in [5.41, 5.74) is -0.761. The summed E-state index contributed by atoms with van der Waals surface area (Å²) in [5.74, 6) is -2.81. The number of ether oxygens (including phenoxy) is 1. The van der Waals surface area contributed by atoms with Gasteiger partial charge in [-0.3, -0.25) is 4.79 Å². The molecule has 0 aliphatic carbocycles. The molecular formula is C21H18F3N3O5S. The predicted octanol–water partition coefficient (Wildman–Crippen LogP) is 1.92. The number of carbonyl (C=O) groups is 1. The lowest BCUT2D eigenvalue weighted by molar-refractivity contribution is -0.178. The zero-order chi connectivity index (χ0) is 23.7. The first-order valence-corrected chi connectivity index (χ1v) is 10.6. The Hall–Kier alpha value is -2.77. The van der Waals surface area contributed by atoms with Crippen LogP contribution in [0.25, 0.3) is 11.3 Å². The van der Waals surface area contributed by atoms with Gasteiger partial charge in [-0.25, -0.2) is 17.9 Å². The van der Waals surface area contributed by atoms with Crippen molar-refractivity contribution in [3.8, 4) is 11.3 Å². The molecule has 174 valence electrons. The summed E-state index contributed by atoms with van der Waals surface area (Å²) in [6.45, 7) is -0.633. The second-order valence-corrected chi connectivity index (χ2v) is 8.40. The van der Waals surface area contributed by atoms with Crippen molar-refractivity contribution in [1.82, 2.24) is 15.0 Å². The summed E-state index contributed by atoms with van der Waals surface area (Å²) in [5, 5.41) is 38.3. The smallest absolute Gasteiger partial charge is 0.222 e. The van der Waals surface area contributed by atoms with Gasteiger partial charge in [0.05, 0.1) is 12.8 Å². The molecule has 0 unspecified atom stereocenters. The molecule has 8 nitrogen and oxygen atoms in total. The number of halogens is 3. The fraction of sp³-hybridized carbons (Fsp3) is 0.286. The zero-order valence-electron chi connectivity index (χ0n) is 16.8. The van der Waals surface area contributed by atoms with Crippen LogP contribution in [0.5, 0.6) is 0 Å². The van der Waals surface area contributed by atoms with Gasteiger partial charge in [0.15, 0.2) is 11.6 Å². The van der Waals surface area contributed by atoms with Crippen molar-refractivity contribution in [2.45, 2.75) is 29.8 Å². The Morgan fingerprint density at radius 3 is 2.58 bits per heavy atom. The van der Waals surface area contributed by atoms with Crippen molar-refractivity contribution in [2.75, 3.05) is 6.61 Å². The van der Waals surface area contributed by atoms with Crippen LogP contribution >= 0.6 is 11.8 Å². The van der Waals surface area contributed by atoms with Gasteiger partial charge in [-0.15, -0.1) is 5.10 Å². The summed E-state index contributed by atoms with van der Waals surface area (Å²) in [7, 11) is 0. The summed E-state index contributed by atoms with van der Waals surface area (Å²) < 4.78 is 46.8. The van der Waals surface area contributed by atoms with E-state index in [-0.39, 0.29) is 11.3 Å². The quantitative estimate of drug-likeness (QED) is 0.506. The van der Waals surface area contributed by atoms with Crippen LogP contribution in [0.3, 0.4) is 0 Å². The zero-order valence-corrected chi connectivity index (χ0v) is 17.6. The molecule has 1 aliphatic heterocycles. The first-order chi connectivity index (χ1) is 15.8. The number of aromatic nitrogens is 3. The predicted molar refractivity (Wildman–Crippen MR) is 110 cm³/mol. The van der Waals surface area contributed by atoms with E-state index in [9.17, 15) is 33.3 Å². The maximum Gasteiger partial charge on any atom is 0.222 e. The summed E-state index contributed by atoms with van der Waals surface area (Å²) in [6.07, 6.45) is -2.74. The van der Waals surface area contributed by atoms with Crippen LogP contribution in [0.15, 0.2) is 48.7 Å². The first-order valence-electron chi connectivity index (χ1n) is 9.74. The third kappa shape index (κ3) is 4.80. The number of benzene rings is 2. The third-order valence-electron chi connectivity index (χ3n) is 5.16. The van der Waals surface area contributed by atoms with Crippen LogP contribution in [0.4, 0.5) is 13.2 Å². The summed E-state index contributed by atoms with van der Waals surface area (Å²) in [6, 6.07) is 7.01. The van der Waals surface area contributed by atoms with Gasteiger partial charge < -0.3 is 20.1 Å². The Kier molecular flexibility index (Phi) is 6.81. The van der Waals surface area contributed by atoms with Gasteiger partial charge in [0, 0.05) is 11.1 Å². The fourth-order valence-corrected chi connectivity index (χ4v) is 4.45. The molecule has 1 aliphatic rings. The summed E-state index contributed by atoms with van der Waals surface area (Å²) in [4.78, 5) is 12.6. The minimum absolute atomic E-state index is 0.160. The Labute approximate surface area is 189 Å². The summed E-state index contributed by atoms with van der Waals surface area (Å²) >= 11 is 0.487. The van der Waals surface area contributed by atoms with E-state index < -0.39 is 59.0 Å². The molecule has 12 heteroatoms. The van der Waals surface area contributed by atoms with Crippen molar-refractivity contribution in [2.24, 2.45) is 0 Å². The van der Waals surface area contributed by atoms with Gasteiger partial charge in [-0.1, -0.05) is 17.3 Å². The Morgan fingerprint density at radius 1 is 1.09 bits per heavy atom. The number of nitrogens with zero attached hydrogens (tertiary/aromatic N) is 3. The molecule has 3 aromatic rings. The molecule has 2 aromatic carbocycles. The van der Waals surface area contributed by atoms with Crippen molar-refractivity contribution in [3.63, 3.8) is 0 Å². The van der Waals surface area contributed by atoms with Crippen molar-refractivity contribution >= 4 is 16.9 Å². The third-order valence-corrected chi connectivity index (χ3v) is 6.24. The second kappa shape index (κ2) is 9.61. The van der Waals surface area contributed by atoms with E-state index in [1.165, 1.54) is 24.4 Å². The van der Waals surface area contributed by atoms with Gasteiger partial charge in [0.1, 0.15) is 41.3 Å². The van der Waals surface area contributed by atoms with Crippen LogP contribution in [0.2, 0.25) is 0 Å². The number of hydrogen-bond acceptors (Lipinski definition) is 8. The van der Waals surface area contributed by atoms with Crippen LogP contribution in [0, 0.1) is 17.5 Å². The maximum absolute atomic E-state index is 13.5. The molecule has 0 radical (unpaired) electrons. The molecular weight excluding hydrogens is 463 g/mol. The number of rotatable bonds is 5. The molecule has 33 heavy (non-hydrogen) atoms. The first kappa shape index (κ1) is 23.4. The number of thioether (sulfide) groups is 1. The fourth-order valence-electron chi connectivity index (χ4n) is 3.48. The lowest BCUT2D eigenvalue weighted by Gasteiger charge is -2.41. The van der Waals surface area contributed by atoms with Crippen molar-refractivity contribution in [3.05, 3.63) is 71.7 Å². The maximum atomic E-state index is 13.5. The van der Waals surface area contributed by atoms with E-state index in [4.69, 9.17) is 4.74 Å². The van der Waals surface area contributed by atoms with Gasteiger partial charge in [0.2, 0.25) is 5.12 Å². The molecule has 3 N–H and O–H groups in total. The highest BCUT2D eigenvalue weighted by Gasteiger charge is 2.47. The minimum Gasteiger partial charge on any atom is -0.394 e.